The van der Waals surface area contributed by atoms with Gasteiger partial charge in [0.2, 0.25) is 0 Å². The van der Waals surface area contributed by atoms with Crippen LogP contribution in [-0.4, -0.2) is 18.8 Å². The van der Waals surface area contributed by atoms with Gasteiger partial charge in [-0.15, -0.1) is 0 Å². The second kappa shape index (κ2) is 5.67. The van der Waals surface area contributed by atoms with E-state index in [9.17, 15) is 0 Å². The van der Waals surface area contributed by atoms with Crippen molar-refractivity contribution in [2.75, 3.05) is 0 Å². The minimum atomic E-state index is 1.08. The number of aromatic nitrogens is 4. The molecule has 0 N–H and O–H groups in total. The highest BCUT2D eigenvalue weighted by atomic mass is 15.0. The van der Waals surface area contributed by atoms with Gasteiger partial charge in [0.05, 0.1) is 45.5 Å². The third-order valence-corrected chi connectivity index (χ3v) is 6.06. The number of benzene rings is 2. The summed E-state index contributed by atoms with van der Waals surface area (Å²) in [6.07, 6.45) is 7.66. The van der Waals surface area contributed by atoms with Gasteiger partial charge in [-0.05, 0) is 36.4 Å². The normalized spacial score (nSPS) is 12.0. The van der Waals surface area contributed by atoms with Crippen molar-refractivity contribution in [1.82, 2.24) is 18.8 Å². The summed E-state index contributed by atoms with van der Waals surface area (Å²) in [5, 5.41) is 4.72. The number of rotatable bonds is 0. The van der Waals surface area contributed by atoms with E-state index >= 15 is 0 Å². The second-order valence-corrected chi connectivity index (χ2v) is 7.63. The van der Waals surface area contributed by atoms with E-state index in [1.807, 2.05) is 24.8 Å². The summed E-state index contributed by atoms with van der Waals surface area (Å²) in [6, 6.07) is 25.8. The van der Waals surface area contributed by atoms with Crippen LogP contribution in [-0.2, 0) is 0 Å². The van der Waals surface area contributed by atoms with Crippen LogP contribution < -0.4 is 0 Å². The van der Waals surface area contributed by atoms with Crippen molar-refractivity contribution in [2.24, 2.45) is 0 Å². The lowest BCUT2D eigenvalue weighted by Gasteiger charge is -2.09. The molecule has 0 radical (unpaired) electrons. The zero-order valence-electron chi connectivity index (χ0n) is 16.0. The van der Waals surface area contributed by atoms with Crippen molar-refractivity contribution in [3.05, 3.63) is 97.6 Å². The first-order valence-electron chi connectivity index (χ1n) is 10.0. The molecule has 7 aromatic rings. The Hall–Kier alpha value is -4.18. The predicted molar refractivity (Wildman–Crippen MR) is 123 cm³/mol. The molecule has 0 spiro atoms. The Labute approximate surface area is 171 Å². The minimum absolute atomic E-state index is 1.08. The molecule has 5 heterocycles. The van der Waals surface area contributed by atoms with E-state index in [2.05, 4.69) is 91.6 Å². The molecule has 4 nitrogen and oxygen atoms in total. The van der Waals surface area contributed by atoms with Gasteiger partial charge in [0.25, 0.3) is 0 Å². The van der Waals surface area contributed by atoms with Crippen LogP contribution in [0.25, 0.3) is 54.6 Å². The molecule has 0 unspecified atom stereocenters. The average molecular weight is 384 g/mol. The van der Waals surface area contributed by atoms with Crippen LogP contribution in [0.15, 0.2) is 97.6 Å². The lowest BCUT2D eigenvalue weighted by Crippen LogP contribution is -1.94. The molecule has 0 saturated heterocycles. The van der Waals surface area contributed by atoms with Gasteiger partial charge in [-0.1, -0.05) is 36.4 Å². The zero-order valence-corrected chi connectivity index (χ0v) is 16.0. The summed E-state index contributed by atoms with van der Waals surface area (Å²) in [5.41, 5.74) is 6.81. The monoisotopic (exact) mass is 384 g/mol. The number of hydrogen-bond donors (Lipinski definition) is 0. The molecule has 7 rings (SSSR count). The topological polar surface area (TPSA) is 34.6 Å². The SMILES string of the molecule is c1ccc2c(c1)cc1c3cc4ccccc4n3c3cnccc3c3ccncc3n21. The van der Waals surface area contributed by atoms with Crippen molar-refractivity contribution in [2.45, 2.75) is 0 Å². The van der Waals surface area contributed by atoms with Crippen molar-refractivity contribution in [3.8, 4) is 0 Å². The third kappa shape index (κ3) is 1.95. The van der Waals surface area contributed by atoms with Gasteiger partial charge in [0.15, 0.2) is 0 Å². The number of para-hydroxylation sites is 2. The van der Waals surface area contributed by atoms with Gasteiger partial charge in [0.1, 0.15) is 0 Å². The molecule has 0 aliphatic rings. The van der Waals surface area contributed by atoms with Crippen LogP contribution in [0.3, 0.4) is 0 Å². The summed E-state index contributed by atoms with van der Waals surface area (Å²) in [7, 11) is 0. The number of hydrogen-bond acceptors (Lipinski definition) is 2. The average Bonchev–Trinajstić information content (AvgIpc) is 3.36. The molecule has 2 aromatic carbocycles. The van der Waals surface area contributed by atoms with Crippen LogP contribution in [0, 0.1) is 0 Å². The van der Waals surface area contributed by atoms with Gasteiger partial charge in [-0.2, -0.15) is 0 Å². The first kappa shape index (κ1) is 15.7. The Bertz CT molecular complexity index is 1670. The summed E-state index contributed by atoms with van der Waals surface area (Å²) in [4.78, 5) is 8.97. The highest BCUT2D eigenvalue weighted by Crippen LogP contribution is 2.33. The maximum absolute atomic E-state index is 4.48. The predicted octanol–water partition coefficient (Wildman–Crippen LogP) is 6.16. The van der Waals surface area contributed by atoms with Crippen LogP contribution >= 0.6 is 0 Å². The lowest BCUT2D eigenvalue weighted by atomic mass is 10.1. The highest BCUT2D eigenvalue weighted by Gasteiger charge is 2.13. The van der Waals surface area contributed by atoms with Gasteiger partial charge >= 0.3 is 0 Å². The van der Waals surface area contributed by atoms with E-state index in [0.717, 1.165) is 32.8 Å². The van der Waals surface area contributed by atoms with Gasteiger partial charge in [-0.25, -0.2) is 0 Å². The smallest absolute Gasteiger partial charge is 0.0725 e. The number of pyridine rings is 2. The maximum atomic E-state index is 4.48. The van der Waals surface area contributed by atoms with E-state index in [4.69, 9.17) is 0 Å². The van der Waals surface area contributed by atoms with E-state index in [-0.39, 0.29) is 0 Å². The van der Waals surface area contributed by atoms with Crippen molar-refractivity contribution >= 4 is 54.6 Å². The lowest BCUT2D eigenvalue weighted by molar-refractivity contribution is 1.25. The van der Waals surface area contributed by atoms with Gasteiger partial charge in [0, 0.05) is 33.9 Å². The molecule has 0 saturated carbocycles. The molecule has 30 heavy (non-hydrogen) atoms. The van der Waals surface area contributed by atoms with Gasteiger partial charge in [-0.3, -0.25) is 9.97 Å². The third-order valence-electron chi connectivity index (χ3n) is 6.06. The molecular weight excluding hydrogens is 368 g/mol. The first-order valence-corrected chi connectivity index (χ1v) is 10.0. The molecular formula is C26H16N4. The van der Waals surface area contributed by atoms with Crippen LogP contribution in [0.2, 0.25) is 0 Å². The second-order valence-electron chi connectivity index (χ2n) is 7.63. The van der Waals surface area contributed by atoms with E-state index in [1.165, 1.54) is 21.8 Å². The molecule has 0 atom stereocenters. The molecule has 0 bridgehead atoms. The molecule has 0 aliphatic carbocycles. The number of nitrogens with zero attached hydrogens (tertiary/aromatic N) is 4. The van der Waals surface area contributed by atoms with E-state index in [0.29, 0.717) is 0 Å². The Morgan fingerprint density at radius 2 is 0.933 bits per heavy atom. The largest absolute Gasteiger partial charge is 0.306 e. The van der Waals surface area contributed by atoms with Gasteiger partial charge < -0.3 is 8.80 Å². The summed E-state index contributed by atoms with van der Waals surface area (Å²) in [6.45, 7) is 0. The molecule has 0 aliphatic heterocycles. The minimum Gasteiger partial charge on any atom is -0.306 e. The Balaban J connectivity index is 1.99. The van der Waals surface area contributed by atoms with Crippen LogP contribution in [0.5, 0.6) is 0 Å². The van der Waals surface area contributed by atoms with Crippen molar-refractivity contribution in [3.63, 3.8) is 0 Å². The molecule has 0 amide bonds. The first-order chi connectivity index (χ1) is 14.9. The quantitative estimate of drug-likeness (QED) is 0.314. The number of fused-ring (bicyclic) bond motifs is 12. The Kier molecular flexibility index (Phi) is 2.97. The zero-order chi connectivity index (χ0) is 19.7. The van der Waals surface area contributed by atoms with E-state index in [1.54, 1.807) is 0 Å². The van der Waals surface area contributed by atoms with Crippen LogP contribution in [0.4, 0.5) is 0 Å². The fraction of sp³-hybridized carbons (Fsp3) is 0. The fourth-order valence-electron chi connectivity index (χ4n) is 4.79. The fourth-order valence-corrected chi connectivity index (χ4v) is 4.79. The maximum Gasteiger partial charge on any atom is 0.0725 e. The summed E-state index contributed by atoms with van der Waals surface area (Å²) >= 11 is 0. The summed E-state index contributed by atoms with van der Waals surface area (Å²) in [5.74, 6) is 0. The van der Waals surface area contributed by atoms with Crippen molar-refractivity contribution in [1.29, 1.82) is 0 Å². The van der Waals surface area contributed by atoms with Crippen LogP contribution in [0.1, 0.15) is 0 Å². The standard InChI is InChI=1S/C26H16N4/c1-3-7-21-17(5-1)13-23-24-14-18-6-2-4-8-22(18)30(24)26-16-28-12-10-20(26)19-9-11-27-15-25(19)29(21)23/h1-16H. The molecule has 140 valence electrons. The van der Waals surface area contributed by atoms with E-state index < -0.39 is 0 Å². The molecule has 4 heteroatoms. The molecule has 5 aromatic heterocycles. The molecule has 0 fully saturated rings. The Morgan fingerprint density at radius 3 is 1.43 bits per heavy atom. The Morgan fingerprint density at radius 1 is 0.467 bits per heavy atom. The van der Waals surface area contributed by atoms with Crippen molar-refractivity contribution < 1.29 is 0 Å². The highest BCUT2D eigenvalue weighted by molar-refractivity contribution is 6.10. The summed E-state index contributed by atoms with van der Waals surface area (Å²) < 4.78 is 4.68.